The van der Waals surface area contributed by atoms with Crippen LogP contribution in [0.3, 0.4) is 0 Å². The van der Waals surface area contributed by atoms with Crippen LogP contribution < -0.4 is 4.74 Å². The molecule has 2 heterocycles. The Morgan fingerprint density at radius 3 is 2.74 bits per heavy atom. The topological polar surface area (TPSA) is 76.1 Å². The van der Waals surface area contributed by atoms with Crippen LogP contribution in [0, 0.1) is 6.92 Å². The number of benzene rings is 2. The minimum Gasteiger partial charge on any atom is -0.507 e. The van der Waals surface area contributed by atoms with Crippen LogP contribution >= 0.6 is 11.6 Å². The van der Waals surface area contributed by atoms with E-state index in [1.54, 1.807) is 18.2 Å². The molecule has 2 aromatic rings. The first kappa shape index (κ1) is 21.4. The highest BCUT2D eigenvalue weighted by molar-refractivity contribution is 6.47. The van der Waals surface area contributed by atoms with Crippen molar-refractivity contribution in [2.24, 2.45) is 0 Å². The summed E-state index contributed by atoms with van der Waals surface area (Å²) in [5.74, 6) is -1.22. The van der Waals surface area contributed by atoms with Crippen LogP contribution in [0.2, 0.25) is 5.02 Å². The number of aliphatic hydroxyl groups excluding tert-OH is 1. The molecule has 1 N–H and O–H groups in total. The predicted octanol–water partition coefficient (Wildman–Crippen LogP) is 4.26. The number of amides is 1. The van der Waals surface area contributed by atoms with Crippen LogP contribution in [-0.2, 0) is 14.3 Å². The van der Waals surface area contributed by atoms with E-state index < -0.39 is 17.7 Å². The summed E-state index contributed by atoms with van der Waals surface area (Å²) in [7, 11) is 1.50. The van der Waals surface area contributed by atoms with E-state index in [2.05, 4.69) is 0 Å². The van der Waals surface area contributed by atoms with E-state index in [0.29, 0.717) is 12.4 Å². The summed E-state index contributed by atoms with van der Waals surface area (Å²) < 4.78 is 11.0. The molecule has 2 unspecified atom stereocenters. The minimum atomic E-state index is -0.735. The number of hydrogen-bond acceptors (Lipinski definition) is 5. The van der Waals surface area contributed by atoms with Gasteiger partial charge in [-0.1, -0.05) is 41.4 Å². The third kappa shape index (κ3) is 4.05. The lowest BCUT2D eigenvalue weighted by molar-refractivity contribution is -0.140. The fourth-order valence-electron chi connectivity index (χ4n) is 4.22. The number of aryl methyl sites for hydroxylation is 1. The number of ether oxygens (including phenoxy) is 2. The van der Waals surface area contributed by atoms with Crippen LogP contribution in [0.4, 0.5) is 0 Å². The summed E-state index contributed by atoms with van der Waals surface area (Å²) >= 11 is 6.32. The molecule has 31 heavy (non-hydrogen) atoms. The van der Waals surface area contributed by atoms with Gasteiger partial charge in [0, 0.05) is 18.7 Å². The normalized spacial score (nSPS) is 22.9. The maximum Gasteiger partial charge on any atom is 0.295 e. The summed E-state index contributed by atoms with van der Waals surface area (Å²) in [5, 5.41) is 11.5. The average Bonchev–Trinajstić information content (AvgIpc) is 3.36. The second-order valence-corrected chi connectivity index (χ2v) is 8.25. The van der Waals surface area contributed by atoms with E-state index in [1.165, 1.54) is 12.0 Å². The van der Waals surface area contributed by atoms with Gasteiger partial charge in [0.05, 0.1) is 29.9 Å². The van der Waals surface area contributed by atoms with Gasteiger partial charge in [-0.15, -0.1) is 0 Å². The SMILES string of the molecule is COc1ccc(Cl)c(/C(O)=C2\C(=O)C(=O)N(CC3CCCO3)C2c2cccc(C)c2)c1. The number of nitrogens with zero attached hydrogens (tertiary/aromatic N) is 1. The Hall–Kier alpha value is -2.83. The molecular weight excluding hydrogens is 418 g/mol. The molecule has 0 bridgehead atoms. The zero-order valence-electron chi connectivity index (χ0n) is 17.4. The van der Waals surface area contributed by atoms with Crippen molar-refractivity contribution < 1.29 is 24.2 Å². The lowest BCUT2D eigenvalue weighted by atomic mass is 9.94. The summed E-state index contributed by atoms with van der Waals surface area (Å²) in [4.78, 5) is 27.7. The summed E-state index contributed by atoms with van der Waals surface area (Å²) in [6.45, 7) is 2.86. The molecular formula is C24H24ClNO5. The molecule has 162 valence electrons. The molecule has 2 aromatic carbocycles. The van der Waals surface area contributed by atoms with Crippen LogP contribution in [-0.4, -0.2) is 48.1 Å². The number of methoxy groups -OCH3 is 1. The molecule has 0 saturated carbocycles. The Balaban J connectivity index is 1.87. The van der Waals surface area contributed by atoms with E-state index in [4.69, 9.17) is 21.1 Å². The second kappa shape index (κ2) is 8.73. The van der Waals surface area contributed by atoms with Crippen molar-refractivity contribution in [3.8, 4) is 5.75 Å². The van der Waals surface area contributed by atoms with Crippen molar-refractivity contribution in [3.05, 3.63) is 69.8 Å². The highest BCUT2D eigenvalue weighted by atomic mass is 35.5. The number of aliphatic hydroxyl groups is 1. The standard InChI is InChI=1S/C24H24ClNO5/c1-14-5-3-6-15(11-14)21-20(22(27)18-12-16(30-2)8-9-19(18)25)23(28)24(29)26(21)13-17-7-4-10-31-17/h3,5-6,8-9,11-12,17,21,27H,4,7,10,13H2,1-2H3/b22-20+. The van der Waals surface area contributed by atoms with Gasteiger partial charge in [0.2, 0.25) is 0 Å². The van der Waals surface area contributed by atoms with Crippen molar-refractivity contribution >= 4 is 29.1 Å². The first-order valence-electron chi connectivity index (χ1n) is 10.2. The van der Waals surface area contributed by atoms with Crippen molar-refractivity contribution in [1.29, 1.82) is 0 Å². The van der Waals surface area contributed by atoms with Crippen LogP contribution in [0.15, 0.2) is 48.0 Å². The molecule has 6 nitrogen and oxygen atoms in total. The maximum atomic E-state index is 13.1. The van der Waals surface area contributed by atoms with E-state index >= 15 is 0 Å². The van der Waals surface area contributed by atoms with Gasteiger partial charge in [0.25, 0.3) is 11.7 Å². The van der Waals surface area contributed by atoms with Crippen molar-refractivity contribution in [3.63, 3.8) is 0 Å². The molecule has 2 aliphatic heterocycles. The zero-order valence-corrected chi connectivity index (χ0v) is 18.2. The number of Topliss-reactive ketones (excluding diaryl/α,β-unsaturated/α-hetero) is 1. The van der Waals surface area contributed by atoms with Crippen molar-refractivity contribution in [2.45, 2.75) is 31.9 Å². The molecule has 1 amide bonds. The van der Waals surface area contributed by atoms with Crippen LogP contribution in [0.25, 0.3) is 5.76 Å². The Morgan fingerprint density at radius 2 is 2.06 bits per heavy atom. The Morgan fingerprint density at radius 1 is 1.26 bits per heavy atom. The number of hydrogen-bond donors (Lipinski definition) is 1. The van der Waals surface area contributed by atoms with Crippen molar-refractivity contribution in [1.82, 2.24) is 4.90 Å². The molecule has 0 radical (unpaired) electrons. The van der Waals surface area contributed by atoms with Gasteiger partial charge in [0.15, 0.2) is 0 Å². The summed E-state index contributed by atoms with van der Waals surface area (Å²) in [6.07, 6.45) is 1.61. The minimum absolute atomic E-state index is 0.0174. The summed E-state index contributed by atoms with van der Waals surface area (Å²) in [5.41, 5.74) is 2.00. The number of ketones is 1. The van der Waals surface area contributed by atoms with Gasteiger partial charge in [-0.2, -0.15) is 0 Å². The van der Waals surface area contributed by atoms with Gasteiger partial charge in [0.1, 0.15) is 11.5 Å². The summed E-state index contributed by atoms with van der Waals surface area (Å²) in [6, 6.07) is 11.6. The molecule has 7 heteroatoms. The fourth-order valence-corrected chi connectivity index (χ4v) is 4.43. The number of carbonyl (C=O) groups excluding carboxylic acids is 2. The predicted molar refractivity (Wildman–Crippen MR) is 117 cm³/mol. The molecule has 2 fully saturated rings. The quantitative estimate of drug-likeness (QED) is 0.426. The first-order chi connectivity index (χ1) is 14.9. The largest absolute Gasteiger partial charge is 0.507 e. The lowest BCUT2D eigenvalue weighted by Crippen LogP contribution is -2.36. The highest BCUT2D eigenvalue weighted by Crippen LogP contribution is 2.41. The average molecular weight is 442 g/mol. The van der Waals surface area contributed by atoms with Gasteiger partial charge >= 0.3 is 0 Å². The van der Waals surface area contributed by atoms with E-state index in [0.717, 1.165) is 24.0 Å². The van der Waals surface area contributed by atoms with Gasteiger partial charge in [-0.05, 0) is 43.5 Å². The smallest absolute Gasteiger partial charge is 0.295 e. The van der Waals surface area contributed by atoms with Crippen molar-refractivity contribution in [2.75, 3.05) is 20.3 Å². The molecule has 2 atom stereocenters. The van der Waals surface area contributed by atoms with E-state index in [9.17, 15) is 14.7 Å². The first-order valence-corrected chi connectivity index (χ1v) is 10.6. The van der Waals surface area contributed by atoms with Gasteiger partial charge in [-0.25, -0.2) is 0 Å². The fraction of sp³-hybridized carbons (Fsp3) is 0.333. The van der Waals surface area contributed by atoms with Gasteiger partial charge in [-0.3, -0.25) is 9.59 Å². The third-order valence-corrected chi connectivity index (χ3v) is 6.08. The number of rotatable bonds is 5. The lowest BCUT2D eigenvalue weighted by Gasteiger charge is -2.27. The zero-order chi connectivity index (χ0) is 22.1. The van der Waals surface area contributed by atoms with Gasteiger partial charge < -0.3 is 19.5 Å². The molecule has 4 rings (SSSR count). The monoisotopic (exact) mass is 441 g/mol. The number of halogens is 1. The molecule has 2 aliphatic rings. The van der Waals surface area contributed by atoms with Crippen LogP contribution in [0.5, 0.6) is 5.75 Å². The third-order valence-electron chi connectivity index (χ3n) is 5.75. The maximum absolute atomic E-state index is 13.1. The Bertz CT molecular complexity index is 1060. The second-order valence-electron chi connectivity index (χ2n) is 7.85. The molecule has 0 aliphatic carbocycles. The Labute approximate surface area is 186 Å². The molecule has 0 spiro atoms. The Kier molecular flexibility index (Phi) is 6.03. The number of likely N-dealkylation sites (tertiary alicyclic amines) is 1. The number of carbonyl (C=O) groups is 2. The van der Waals surface area contributed by atoms with E-state index in [1.807, 2.05) is 31.2 Å². The highest BCUT2D eigenvalue weighted by Gasteiger charge is 2.47. The molecule has 0 aromatic heterocycles. The van der Waals surface area contributed by atoms with Crippen LogP contribution in [0.1, 0.15) is 35.6 Å². The molecule has 2 saturated heterocycles. The van der Waals surface area contributed by atoms with E-state index in [-0.39, 0.29) is 34.6 Å².